The minimum absolute atomic E-state index is 0.419. The Balaban J connectivity index is 2.10. The summed E-state index contributed by atoms with van der Waals surface area (Å²) in [5.74, 6) is 0.419. The van der Waals surface area contributed by atoms with Crippen LogP contribution in [0.5, 0.6) is 5.75 Å². The van der Waals surface area contributed by atoms with E-state index < -0.39 is 11.8 Å². The van der Waals surface area contributed by atoms with Crippen LogP contribution in [0.25, 0.3) is 5.69 Å². The third-order valence-corrected chi connectivity index (χ3v) is 2.18. The van der Waals surface area contributed by atoms with Crippen molar-refractivity contribution >= 4 is 6.16 Å². The largest absolute Gasteiger partial charge is 0.514 e. The number of carbonyl (C=O) groups is 1. The Labute approximate surface area is 111 Å². The minimum atomic E-state index is -0.717. The number of aromatic nitrogens is 2. The highest BCUT2D eigenvalue weighted by molar-refractivity contribution is 5.64. The fraction of sp³-hybridized carbons (Fsp3) is 0.286. The maximum absolute atomic E-state index is 11.6. The van der Waals surface area contributed by atoms with E-state index in [1.165, 1.54) is 0 Å². The number of hydrogen-bond donors (Lipinski definition) is 0. The molecule has 5 nitrogen and oxygen atoms in total. The van der Waals surface area contributed by atoms with E-state index in [1.807, 2.05) is 18.3 Å². The molecule has 100 valence electrons. The van der Waals surface area contributed by atoms with Crippen LogP contribution < -0.4 is 4.74 Å². The zero-order chi connectivity index (χ0) is 13.9. The molecule has 0 N–H and O–H groups in total. The molecule has 0 amide bonds. The zero-order valence-corrected chi connectivity index (χ0v) is 11.2. The van der Waals surface area contributed by atoms with E-state index >= 15 is 0 Å². The van der Waals surface area contributed by atoms with E-state index in [0.29, 0.717) is 5.75 Å². The Morgan fingerprint density at radius 3 is 2.68 bits per heavy atom. The molecular weight excluding hydrogens is 244 g/mol. The lowest BCUT2D eigenvalue weighted by Crippen LogP contribution is -2.26. The normalized spacial score (nSPS) is 11.1. The molecule has 2 aromatic rings. The summed E-state index contributed by atoms with van der Waals surface area (Å²) < 4.78 is 11.9. The molecule has 0 saturated heterocycles. The van der Waals surface area contributed by atoms with Gasteiger partial charge in [-0.05, 0) is 39.0 Å². The van der Waals surface area contributed by atoms with Gasteiger partial charge in [-0.2, -0.15) is 5.10 Å². The molecule has 0 radical (unpaired) electrons. The number of hydrogen-bond acceptors (Lipinski definition) is 4. The van der Waals surface area contributed by atoms with E-state index in [2.05, 4.69) is 5.10 Å². The summed E-state index contributed by atoms with van der Waals surface area (Å²) in [6.07, 6.45) is 2.78. The predicted molar refractivity (Wildman–Crippen MR) is 70.4 cm³/mol. The number of nitrogens with zero attached hydrogens (tertiary/aromatic N) is 2. The quantitative estimate of drug-likeness (QED) is 0.614. The fourth-order valence-corrected chi connectivity index (χ4v) is 1.48. The topological polar surface area (TPSA) is 53.4 Å². The van der Waals surface area contributed by atoms with E-state index in [4.69, 9.17) is 9.47 Å². The van der Waals surface area contributed by atoms with Gasteiger partial charge in [0, 0.05) is 18.5 Å². The summed E-state index contributed by atoms with van der Waals surface area (Å²) in [5.41, 5.74) is 0.238. The molecule has 5 heteroatoms. The first-order chi connectivity index (χ1) is 8.94. The molecule has 19 heavy (non-hydrogen) atoms. The Hall–Kier alpha value is -2.30. The van der Waals surface area contributed by atoms with E-state index in [0.717, 1.165) is 5.69 Å². The van der Waals surface area contributed by atoms with Gasteiger partial charge in [-0.3, -0.25) is 0 Å². The Kier molecular flexibility index (Phi) is 3.55. The lowest BCUT2D eigenvalue weighted by Gasteiger charge is -2.18. The average Bonchev–Trinajstić information content (AvgIpc) is 2.79. The van der Waals surface area contributed by atoms with Gasteiger partial charge in [-0.15, -0.1) is 0 Å². The van der Waals surface area contributed by atoms with Crippen molar-refractivity contribution in [2.45, 2.75) is 26.4 Å². The van der Waals surface area contributed by atoms with Gasteiger partial charge >= 0.3 is 6.16 Å². The van der Waals surface area contributed by atoms with Gasteiger partial charge in [0.15, 0.2) is 0 Å². The van der Waals surface area contributed by atoms with Crippen molar-refractivity contribution in [3.05, 3.63) is 42.7 Å². The van der Waals surface area contributed by atoms with E-state index in [1.54, 1.807) is 49.8 Å². The van der Waals surface area contributed by atoms with Crippen LogP contribution in [0.15, 0.2) is 42.7 Å². The second-order valence-corrected chi connectivity index (χ2v) is 5.01. The maximum atomic E-state index is 11.6. The van der Waals surface area contributed by atoms with Crippen LogP contribution in [0.3, 0.4) is 0 Å². The van der Waals surface area contributed by atoms with E-state index in [9.17, 15) is 4.79 Å². The molecule has 1 aromatic heterocycles. The maximum Gasteiger partial charge on any atom is 0.514 e. The molecule has 0 atom stereocenters. The van der Waals surface area contributed by atoms with Gasteiger partial charge in [0.25, 0.3) is 0 Å². The molecule has 0 aliphatic rings. The van der Waals surface area contributed by atoms with Gasteiger partial charge in [-0.1, -0.05) is 6.07 Å². The molecule has 0 spiro atoms. The van der Waals surface area contributed by atoms with Crippen molar-refractivity contribution in [3.8, 4) is 11.4 Å². The molecular formula is C14H16N2O3. The van der Waals surface area contributed by atoms with Gasteiger partial charge in [0.1, 0.15) is 11.4 Å². The van der Waals surface area contributed by atoms with Crippen LogP contribution in [-0.4, -0.2) is 21.5 Å². The zero-order valence-electron chi connectivity index (χ0n) is 11.2. The van der Waals surface area contributed by atoms with Gasteiger partial charge in [0.05, 0.1) is 5.69 Å². The Morgan fingerprint density at radius 2 is 2.05 bits per heavy atom. The summed E-state index contributed by atoms with van der Waals surface area (Å²) in [6, 6.07) is 8.89. The Morgan fingerprint density at radius 1 is 1.26 bits per heavy atom. The molecule has 0 bridgehead atoms. The summed E-state index contributed by atoms with van der Waals surface area (Å²) >= 11 is 0. The number of carbonyl (C=O) groups excluding carboxylic acids is 1. The van der Waals surface area contributed by atoms with Crippen LogP contribution in [-0.2, 0) is 4.74 Å². The first kappa shape index (κ1) is 13.1. The fourth-order valence-electron chi connectivity index (χ4n) is 1.48. The van der Waals surface area contributed by atoms with Gasteiger partial charge in [0.2, 0.25) is 0 Å². The number of benzene rings is 1. The first-order valence-corrected chi connectivity index (χ1v) is 5.95. The van der Waals surface area contributed by atoms with Gasteiger partial charge in [-0.25, -0.2) is 9.48 Å². The van der Waals surface area contributed by atoms with Crippen molar-refractivity contribution in [3.63, 3.8) is 0 Å². The van der Waals surface area contributed by atoms with Crippen LogP contribution >= 0.6 is 0 Å². The van der Waals surface area contributed by atoms with Crippen LogP contribution in [0, 0.1) is 0 Å². The van der Waals surface area contributed by atoms with Crippen LogP contribution in [0.1, 0.15) is 20.8 Å². The molecule has 1 heterocycles. The van der Waals surface area contributed by atoms with Crippen molar-refractivity contribution in [2.24, 2.45) is 0 Å². The summed E-state index contributed by atoms with van der Waals surface area (Å²) in [7, 11) is 0. The van der Waals surface area contributed by atoms with Crippen molar-refractivity contribution in [1.82, 2.24) is 9.78 Å². The molecule has 2 rings (SSSR count). The molecule has 0 unspecified atom stereocenters. The van der Waals surface area contributed by atoms with E-state index in [-0.39, 0.29) is 0 Å². The Bertz CT molecular complexity index is 556. The minimum Gasteiger partial charge on any atom is -0.428 e. The SMILES string of the molecule is CC(C)(C)OC(=O)Oc1cccc(-n2cccn2)c1. The van der Waals surface area contributed by atoms with Crippen LogP contribution in [0.4, 0.5) is 4.79 Å². The smallest absolute Gasteiger partial charge is 0.428 e. The first-order valence-electron chi connectivity index (χ1n) is 5.95. The standard InChI is InChI=1S/C14H16N2O3/c1-14(2,3)19-13(17)18-12-7-4-6-11(10-12)16-9-5-8-15-16/h4-10H,1-3H3. The lowest BCUT2D eigenvalue weighted by molar-refractivity contribution is 0.0206. The molecule has 0 aliphatic heterocycles. The lowest BCUT2D eigenvalue weighted by atomic mass is 10.2. The highest BCUT2D eigenvalue weighted by Gasteiger charge is 2.18. The molecule has 1 aromatic carbocycles. The molecule has 0 fully saturated rings. The summed E-state index contributed by atoms with van der Waals surface area (Å²) in [6.45, 7) is 5.36. The monoisotopic (exact) mass is 260 g/mol. The predicted octanol–water partition coefficient (Wildman–Crippen LogP) is 3.19. The van der Waals surface area contributed by atoms with Crippen molar-refractivity contribution in [2.75, 3.05) is 0 Å². The third kappa shape index (κ3) is 3.84. The number of ether oxygens (including phenoxy) is 2. The molecule has 0 aliphatic carbocycles. The summed E-state index contributed by atoms with van der Waals surface area (Å²) in [5, 5.41) is 4.11. The van der Waals surface area contributed by atoms with Crippen molar-refractivity contribution in [1.29, 1.82) is 0 Å². The second kappa shape index (κ2) is 5.14. The highest BCUT2D eigenvalue weighted by Crippen LogP contribution is 2.18. The number of rotatable bonds is 2. The third-order valence-electron chi connectivity index (χ3n) is 2.18. The van der Waals surface area contributed by atoms with Crippen LogP contribution in [0.2, 0.25) is 0 Å². The van der Waals surface area contributed by atoms with Gasteiger partial charge < -0.3 is 9.47 Å². The summed E-state index contributed by atoms with van der Waals surface area (Å²) in [4.78, 5) is 11.6. The highest BCUT2D eigenvalue weighted by atomic mass is 16.7. The second-order valence-electron chi connectivity index (χ2n) is 5.01. The average molecular weight is 260 g/mol. The molecule has 0 saturated carbocycles. The van der Waals surface area contributed by atoms with Crippen molar-refractivity contribution < 1.29 is 14.3 Å².